The van der Waals surface area contributed by atoms with E-state index in [-0.39, 0.29) is 152 Å². The van der Waals surface area contributed by atoms with E-state index in [1.54, 1.807) is 62.6 Å². The van der Waals surface area contributed by atoms with Gasteiger partial charge in [0.15, 0.2) is 0 Å². The fourth-order valence-corrected chi connectivity index (χ4v) is 14.6. The van der Waals surface area contributed by atoms with Crippen molar-refractivity contribution in [2.45, 2.75) is 297 Å². The maximum atomic E-state index is 13.0. The van der Waals surface area contributed by atoms with Crippen molar-refractivity contribution in [1.82, 2.24) is 25.8 Å². The third kappa shape index (κ3) is 31.2. The molecule has 5 amide bonds. The van der Waals surface area contributed by atoms with Crippen LogP contribution in [0.4, 0.5) is 0 Å². The second kappa shape index (κ2) is 53.2. The zero-order chi connectivity index (χ0) is 77.9. The topological polar surface area (TPSA) is 394 Å². The summed E-state index contributed by atoms with van der Waals surface area (Å²) in [7, 11) is 0. The number of rotatable bonds is 30. The van der Waals surface area contributed by atoms with Gasteiger partial charge in [-0.25, -0.2) is 14.4 Å². The number of likely N-dealkylation sites (tertiary alicyclic amines) is 1. The van der Waals surface area contributed by atoms with Crippen LogP contribution < -0.4 is 40.5 Å². The summed E-state index contributed by atoms with van der Waals surface area (Å²) in [5, 5.41) is 25.8. The second-order valence-corrected chi connectivity index (χ2v) is 29.9. The standard InChI is InChI=1S/C23H36N2O4.C21H32N2O4.C14H21NO3.C10H18O2.C8H13NO2.C6H10O2.2CH4.Li.2H2O/c1-5-8-9-10-11-13-17(4)21(27)25-15-12-14-19(25)20(26)24-23(16-18(23)6-2)22(28)29-7-3;1-3-27-20(26)21-14-16(21)11-8-6-4-5-7-10-15(2)19(25)23-13-9-12-17(23)18(24)22-21;1-3-11-9-14(11,13(17)18-4-2)15-12(16)10-7-5-6-8-10;1-3-4-5-6-7-8-9(2)10(11)12;1-3-6-5-8(6,9)7(10)11-4-2;7-6(8)5-3-1-2-4-5;;;;;/h5-6,17-19H,1-2,7-16H2,3-4H3,(H,24,26);8,11,15-17H,3-7,9-10,12-14H2,1-2H3,(H,22,24);3,10-11H,1,4-9H2,2H3,(H,15,16);3,9H,1,4-8H2,2H3,(H,11,12);3,6H,1,4-5,9H2,2H3;5H,1-4H2,(H,7,8);2*1H4;;2*1H2/q;;;;;;;;+1;;/p-2/b;11-8-;;;;;;;;;/t17-,18+,19-,23+;15-,16+,17-,21+;11?,14-;9-;6?,8-;;;;;;/m00101....../s1. The first kappa shape index (κ1) is 105. The average molecular weight is 1550 g/mol. The van der Waals surface area contributed by atoms with E-state index in [1.807, 2.05) is 26.0 Å². The van der Waals surface area contributed by atoms with E-state index >= 15 is 0 Å². The van der Waals surface area contributed by atoms with Crippen LogP contribution >= 0.6 is 0 Å². The van der Waals surface area contributed by atoms with E-state index in [9.17, 15) is 52.7 Å². The summed E-state index contributed by atoms with van der Waals surface area (Å²) < 4.78 is 20.3. The van der Waals surface area contributed by atoms with E-state index in [0.29, 0.717) is 71.4 Å². The Bertz CT molecular complexity index is 2970. The van der Waals surface area contributed by atoms with Crippen LogP contribution in [0.5, 0.6) is 0 Å². The molecule has 0 aromatic heterocycles. The molecule has 0 aromatic rings. The van der Waals surface area contributed by atoms with Crippen molar-refractivity contribution in [2.24, 2.45) is 59.0 Å². The van der Waals surface area contributed by atoms with Gasteiger partial charge in [0.2, 0.25) is 29.5 Å². The smallest absolute Gasteiger partial charge is 0.870 e. The van der Waals surface area contributed by atoms with Crippen LogP contribution in [-0.4, -0.2) is 170 Å². The van der Waals surface area contributed by atoms with Gasteiger partial charge in [-0.2, -0.15) is 0 Å². The number of carboxylic acids is 2. The second-order valence-electron chi connectivity index (χ2n) is 29.9. The molecule has 0 bridgehead atoms. The number of amides is 5. The molecular formula is C84H140LiN6O19-. The maximum absolute atomic E-state index is 13.0. The molecule has 110 heavy (non-hydrogen) atoms. The maximum Gasteiger partial charge on any atom is 1.00 e. The van der Waals surface area contributed by atoms with Gasteiger partial charge in [0, 0.05) is 54.5 Å². The number of fused-ring (bicyclic) bond motifs is 2. The monoisotopic (exact) mass is 1540 g/mol. The molecule has 3 heterocycles. The zero-order valence-electron chi connectivity index (χ0n) is 66.5. The summed E-state index contributed by atoms with van der Waals surface area (Å²) in [4.78, 5) is 136. The number of esters is 4. The molecule has 9 aliphatic rings. The van der Waals surface area contributed by atoms with Gasteiger partial charge in [-0.1, -0.05) is 142 Å². The minimum Gasteiger partial charge on any atom is -0.870 e. The van der Waals surface area contributed by atoms with Gasteiger partial charge in [0.1, 0.15) is 34.2 Å². The van der Waals surface area contributed by atoms with Crippen LogP contribution in [0.2, 0.25) is 0 Å². The summed E-state index contributed by atoms with van der Waals surface area (Å²) in [6, 6.07) is -0.982. The number of allylic oxidation sites excluding steroid dienone is 3. The van der Waals surface area contributed by atoms with Crippen molar-refractivity contribution in [3.05, 3.63) is 75.4 Å². The van der Waals surface area contributed by atoms with Gasteiger partial charge in [-0.05, 0) is 163 Å². The van der Waals surface area contributed by atoms with E-state index in [0.717, 1.165) is 161 Å². The van der Waals surface area contributed by atoms with Gasteiger partial charge in [0.05, 0.1) is 38.3 Å². The predicted octanol–water partition coefficient (Wildman–Crippen LogP) is 10.2. The molecule has 6 aliphatic carbocycles. The summed E-state index contributed by atoms with van der Waals surface area (Å²) in [5.74, 6) is -3.36. The van der Waals surface area contributed by atoms with E-state index in [4.69, 9.17) is 34.9 Å². The number of nitrogens with two attached hydrogens (primary N) is 1. The first-order chi connectivity index (χ1) is 50.2. The number of carboxylic acid groups (broad SMARTS) is 2. The van der Waals surface area contributed by atoms with Crippen molar-refractivity contribution >= 4 is 65.4 Å². The normalized spacial score (nSPS) is 27.2. The fourth-order valence-electron chi connectivity index (χ4n) is 14.6. The molecule has 622 valence electrons. The Labute approximate surface area is 669 Å². The minimum absolute atomic E-state index is 0. The summed E-state index contributed by atoms with van der Waals surface area (Å²) in [5.41, 5.74) is 2.15. The van der Waals surface area contributed by atoms with E-state index in [1.165, 1.54) is 0 Å². The molecule has 3 aliphatic heterocycles. The van der Waals surface area contributed by atoms with Gasteiger partial charge in [0.25, 0.3) is 0 Å². The number of hydrogen-bond acceptors (Lipinski definition) is 18. The third-order valence-electron chi connectivity index (χ3n) is 21.9. The van der Waals surface area contributed by atoms with Crippen molar-refractivity contribution in [3.63, 3.8) is 0 Å². The molecule has 9 N–H and O–H groups in total. The molecule has 0 spiro atoms. The van der Waals surface area contributed by atoms with Crippen molar-refractivity contribution < 1.29 is 112 Å². The Morgan fingerprint density at radius 1 is 0.582 bits per heavy atom. The van der Waals surface area contributed by atoms with Crippen LogP contribution in [0, 0.1) is 53.3 Å². The van der Waals surface area contributed by atoms with E-state index in [2.05, 4.69) is 61.0 Å². The molecule has 9 rings (SSSR count). The Morgan fingerprint density at radius 2 is 1.05 bits per heavy atom. The molecule has 13 atom stereocenters. The Balaban J connectivity index is 0. The van der Waals surface area contributed by atoms with Gasteiger partial charge >= 0.3 is 54.7 Å². The van der Waals surface area contributed by atoms with Crippen LogP contribution in [0.3, 0.4) is 0 Å². The van der Waals surface area contributed by atoms with Gasteiger partial charge in [-0.3, -0.25) is 38.4 Å². The molecule has 2 saturated heterocycles. The van der Waals surface area contributed by atoms with Crippen molar-refractivity contribution in [1.29, 1.82) is 0 Å². The SMILES string of the molecule is C.C.C=CC1C[C@]1(N)C(=O)OCC.C=CC1C[C@]1(NC(=O)C1CCCC1)C(=O)OCC.C=CCCCCC[C@H](C)C(=O)N1CCC[C@H]1C(=O)N[C@]1(C(=O)OCC)C[C@H]1C=C.C=CCCCCC[C@H](C)C(=O)O.CCOC(=O)[C@@]12C[C@H]1/C=C\CCCCC[C@H](C)C(=O)N1CCC[C@H]1C(=O)N2.O=C(O)C1CCCC1.[Li+].[OH-].[OH-]. The number of nitrogens with one attached hydrogen (secondary N) is 3. The molecule has 0 radical (unpaired) electrons. The van der Waals surface area contributed by atoms with Crippen LogP contribution in [-0.2, 0) is 71.7 Å². The molecule has 25 nitrogen and oxygen atoms in total. The zero-order valence-corrected chi connectivity index (χ0v) is 66.5. The fraction of sp³-hybridized carbons (Fsp3) is 0.726. The Morgan fingerprint density at radius 3 is 1.52 bits per heavy atom. The predicted molar refractivity (Wildman–Crippen MR) is 421 cm³/mol. The number of ether oxygens (including phenoxy) is 4. The number of aliphatic carboxylic acids is 2. The average Bonchev–Trinajstić information content (AvgIpc) is 1.61. The first-order valence-electron chi connectivity index (χ1n) is 39.4. The van der Waals surface area contributed by atoms with Gasteiger partial charge in [-0.15, -0.1) is 32.9 Å². The van der Waals surface area contributed by atoms with Crippen LogP contribution in [0.15, 0.2) is 75.4 Å². The summed E-state index contributed by atoms with van der Waals surface area (Å²) >= 11 is 0. The largest absolute Gasteiger partial charge is 1.00 e. The molecule has 6 saturated carbocycles. The Hall–Kier alpha value is -6.91. The number of carbonyl (C=O) groups is 11. The number of carbonyl (C=O) groups excluding carboxylic acids is 9. The third-order valence-corrected chi connectivity index (χ3v) is 21.9. The molecule has 26 heteroatoms. The molecular weight excluding hydrogens is 1400 g/mol. The van der Waals surface area contributed by atoms with Crippen molar-refractivity contribution in [3.8, 4) is 0 Å². The number of hydrogen-bond donors (Lipinski definition) is 6. The molecule has 0 aromatic carbocycles. The van der Waals surface area contributed by atoms with Gasteiger partial charge < -0.3 is 71.6 Å². The van der Waals surface area contributed by atoms with E-state index < -0.39 is 52.1 Å². The molecule has 8 fully saturated rings. The van der Waals surface area contributed by atoms with Crippen LogP contribution in [0.25, 0.3) is 0 Å². The molecule has 2 unspecified atom stereocenters. The van der Waals surface area contributed by atoms with Crippen molar-refractivity contribution in [2.75, 3.05) is 39.5 Å². The summed E-state index contributed by atoms with van der Waals surface area (Å²) in [6.07, 6.45) is 41.6. The number of nitrogens with zero attached hydrogens (tertiary/aromatic N) is 2. The van der Waals surface area contributed by atoms with Crippen LogP contribution in [0.1, 0.15) is 262 Å². The quantitative estimate of drug-likeness (QED) is 0.0128. The first-order valence-corrected chi connectivity index (χ1v) is 39.4. The summed E-state index contributed by atoms with van der Waals surface area (Å²) in [6.45, 7) is 33.6. The minimum atomic E-state index is -1.01. The Kier molecular flexibility index (Phi) is 50.8. The number of unbranched alkanes of at least 4 members (excludes halogenated alkanes) is 6.